The zero-order valence-corrected chi connectivity index (χ0v) is 19.0. The third-order valence-corrected chi connectivity index (χ3v) is 7.01. The van der Waals surface area contributed by atoms with Crippen LogP contribution in [0.4, 0.5) is 23.4 Å². The average molecular weight is 491 g/mol. The lowest BCUT2D eigenvalue weighted by atomic mass is 9.97. The molecule has 0 unspecified atom stereocenters. The highest BCUT2D eigenvalue weighted by atomic mass is 32.2. The molecule has 2 aliphatic heterocycles. The van der Waals surface area contributed by atoms with Crippen LogP contribution in [-0.2, 0) is 6.18 Å². The molecule has 2 aliphatic rings. The van der Waals surface area contributed by atoms with Gasteiger partial charge in [0.05, 0.1) is 17.1 Å². The van der Waals surface area contributed by atoms with Crippen molar-refractivity contribution in [3.63, 3.8) is 0 Å². The number of thioether (sulfide) groups is 1. The molecule has 2 aromatic carbocycles. The molecule has 5 rings (SSSR count). The van der Waals surface area contributed by atoms with Crippen LogP contribution in [0.5, 0.6) is 11.5 Å². The molecule has 0 spiro atoms. The summed E-state index contributed by atoms with van der Waals surface area (Å²) in [6, 6.07) is 13.3. The fourth-order valence-corrected chi connectivity index (χ4v) is 4.89. The van der Waals surface area contributed by atoms with Crippen LogP contribution in [0, 0.1) is 11.7 Å². The van der Waals surface area contributed by atoms with Crippen molar-refractivity contribution in [3.05, 3.63) is 66.1 Å². The van der Waals surface area contributed by atoms with Crippen molar-refractivity contribution in [1.29, 1.82) is 0 Å². The van der Waals surface area contributed by atoms with E-state index in [1.165, 1.54) is 12.1 Å². The molecular formula is C25H22F4N2O2S. The second kappa shape index (κ2) is 9.37. The molecule has 0 saturated carbocycles. The Morgan fingerprint density at radius 3 is 2.50 bits per heavy atom. The minimum atomic E-state index is -4.39. The highest BCUT2D eigenvalue weighted by Crippen LogP contribution is 2.39. The van der Waals surface area contributed by atoms with Gasteiger partial charge in [0.1, 0.15) is 17.5 Å². The first-order valence-electron chi connectivity index (χ1n) is 11.0. The zero-order chi connectivity index (χ0) is 23.7. The third-order valence-electron chi connectivity index (χ3n) is 6.13. The quantitative estimate of drug-likeness (QED) is 0.375. The normalized spacial score (nSPS) is 16.3. The van der Waals surface area contributed by atoms with Gasteiger partial charge in [0, 0.05) is 19.3 Å². The Hall–Kier alpha value is -2.94. The third kappa shape index (κ3) is 4.94. The summed E-state index contributed by atoms with van der Waals surface area (Å²) in [5.74, 6) is 1.98. The summed E-state index contributed by atoms with van der Waals surface area (Å²) in [7, 11) is 0. The molecule has 0 aliphatic carbocycles. The Bertz CT molecular complexity index is 1160. The Balaban J connectivity index is 1.15. The molecule has 1 aromatic heterocycles. The van der Waals surface area contributed by atoms with Crippen molar-refractivity contribution in [1.82, 2.24) is 4.98 Å². The number of anilines is 1. The second-order valence-corrected chi connectivity index (χ2v) is 9.32. The van der Waals surface area contributed by atoms with Crippen LogP contribution in [0.15, 0.2) is 59.6 Å². The second-order valence-electron chi connectivity index (χ2n) is 8.36. The van der Waals surface area contributed by atoms with Gasteiger partial charge in [-0.1, -0.05) is 23.9 Å². The SMILES string of the molecule is Fc1cc(-c2ccc3c(c2)OCS3)ccc1OCC1CCN(c2ccc(C(F)(F)F)cn2)CC1. The van der Waals surface area contributed by atoms with Gasteiger partial charge in [0.15, 0.2) is 11.6 Å². The van der Waals surface area contributed by atoms with E-state index in [1.807, 2.05) is 29.2 Å². The zero-order valence-electron chi connectivity index (χ0n) is 18.1. The lowest BCUT2D eigenvalue weighted by Gasteiger charge is -2.32. The van der Waals surface area contributed by atoms with Crippen LogP contribution in [0.3, 0.4) is 0 Å². The molecule has 3 heterocycles. The summed E-state index contributed by atoms with van der Waals surface area (Å²) in [4.78, 5) is 7.02. The molecule has 4 nitrogen and oxygen atoms in total. The number of alkyl halides is 3. The van der Waals surface area contributed by atoms with Crippen LogP contribution in [-0.4, -0.2) is 30.6 Å². The standard InChI is InChI=1S/C25H22F4N2O2S/c26-20-11-17(18-2-5-23-22(12-18)33-15-34-23)1-4-21(20)32-14-16-7-9-31(10-8-16)24-6-3-19(13-30-24)25(27,28)29/h1-6,11-13,16H,7-10,14-15H2. The number of rotatable bonds is 5. The van der Waals surface area contributed by atoms with E-state index in [0.717, 1.165) is 46.9 Å². The van der Waals surface area contributed by atoms with Crippen LogP contribution < -0.4 is 14.4 Å². The van der Waals surface area contributed by atoms with Gasteiger partial charge in [-0.25, -0.2) is 9.37 Å². The van der Waals surface area contributed by atoms with Crippen molar-refractivity contribution in [3.8, 4) is 22.6 Å². The van der Waals surface area contributed by atoms with E-state index < -0.39 is 17.6 Å². The highest BCUT2D eigenvalue weighted by molar-refractivity contribution is 7.99. The first kappa shape index (κ1) is 22.8. The van der Waals surface area contributed by atoms with Gasteiger partial charge in [-0.05, 0) is 66.3 Å². The summed E-state index contributed by atoms with van der Waals surface area (Å²) < 4.78 is 64.2. The molecule has 9 heteroatoms. The van der Waals surface area contributed by atoms with Crippen molar-refractivity contribution < 1.29 is 27.0 Å². The van der Waals surface area contributed by atoms with Gasteiger partial charge in [0.2, 0.25) is 0 Å². The van der Waals surface area contributed by atoms with Gasteiger partial charge in [0.25, 0.3) is 0 Å². The largest absolute Gasteiger partial charge is 0.490 e. The molecule has 0 amide bonds. The van der Waals surface area contributed by atoms with Crippen LogP contribution in [0.2, 0.25) is 0 Å². The average Bonchev–Trinajstić information content (AvgIpc) is 3.31. The molecule has 0 bridgehead atoms. The Kier molecular flexibility index (Phi) is 6.29. The summed E-state index contributed by atoms with van der Waals surface area (Å²) in [6.45, 7) is 1.70. The van der Waals surface area contributed by atoms with Crippen molar-refractivity contribution in [2.24, 2.45) is 5.92 Å². The Morgan fingerprint density at radius 2 is 1.79 bits per heavy atom. The number of fused-ring (bicyclic) bond motifs is 1. The first-order chi connectivity index (χ1) is 16.4. The fourth-order valence-electron chi connectivity index (χ4n) is 4.15. The lowest BCUT2D eigenvalue weighted by molar-refractivity contribution is -0.137. The van der Waals surface area contributed by atoms with Gasteiger partial charge < -0.3 is 14.4 Å². The number of hydrogen-bond donors (Lipinski definition) is 0. The fraction of sp³-hybridized carbons (Fsp3) is 0.320. The van der Waals surface area contributed by atoms with Crippen molar-refractivity contribution in [2.45, 2.75) is 23.9 Å². The number of ether oxygens (including phenoxy) is 2. The number of benzene rings is 2. The molecule has 0 atom stereocenters. The van der Waals surface area contributed by atoms with E-state index >= 15 is 0 Å². The molecule has 0 radical (unpaired) electrons. The van der Waals surface area contributed by atoms with E-state index in [2.05, 4.69) is 4.98 Å². The molecular weight excluding hydrogens is 468 g/mol. The van der Waals surface area contributed by atoms with E-state index in [0.29, 0.717) is 31.5 Å². The number of pyridine rings is 1. The Labute approximate surface area is 198 Å². The molecule has 1 fully saturated rings. The van der Waals surface area contributed by atoms with Gasteiger partial charge in [-0.3, -0.25) is 0 Å². The number of aromatic nitrogens is 1. The van der Waals surface area contributed by atoms with Crippen LogP contribution >= 0.6 is 11.8 Å². The van der Waals surface area contributed by atoms with Gasteiger partial charge in [-0.2, -0.15) is 13.2 Å². The summed E-state index contributed by atoms with van der Waals surface area (Å²) >= 11 is 1.63. The van der Waals surface area contributed by atoms with E-state index in [9.17, 15) is 17.6 Å². The predicted octanol–water partition coefficient (Wildman–Crippen LogP) is 6.64. The van der Waals surface area contributed by atoms with E-state index in [-0.39, 0.29) is 11.7 Å². The summed E-state index contributed by atoms with van der Waals surface area (Å²) in [6.07, 6.45) is -1.95. The van der Waals surface area contributed by atoms with Gasteiger partial charge in [-0.15, -0.1) is 0 Å². The van der Waals surface area contributed by atoms with E-state index in [1.54, 1.807) is 17.8 Å². The molecule has 34 heavy (non-hydrogen) atoms. The number of hydrogen-bond acceptors (Lipinski definition) is 5. The van der Waals surface area contributed by atoms with Crippen molar-refractivity contribution in [2.75, 3.05) is 30.5 Å². The Morgan fingerprint density at radius 1 is 1.03 bits per heavy atom. The number of piperidine rings is 1. The minimum Gasteiger partial charge on any atom is -0.490 e. The lowest BCUT2D eigenvalue weighted by Crippen LogP contribution is -2.36. The van der Waals surface area contributed by atoms with Gasteiger partial charge >= 0.3 is 6.18 Å². The van der Waals surface area contributed by atoms with E-state index in [4.69, 9.17) is 9.47 Å². The molecule has 0 N–H and O–H groups in total. The minimum absolute atomic E-state index is 0.212. The smallest absolute Gasteiger partial charge is 0.417 e. The molecule has 1 saturated heterocycles. The first-order valence-corrected chi connectivity index (χ1v) is 12.0. The summed E-state index contributed by atoms with van der Waals surface area (Å²) in [5, 5.41) is 0. The van der Waals surface area contributed by atoms with Crippen molar-refractivity contribution >= 4 is 17.6 Å². The number of nitrogens with zero attached hydrogens (tertiary/aromatic N) is 2. The number of halogens is 4. The molecule has 3 aromatic rings. The maximum absolute atomic E-state index is 14.7. The van der Waals surface area contributed by atoms with Crippen LogP contribution in [0.25, 0.3) is 11.1 Å². The maximum Gasteiger partial charge on any atom is 0.417 e. The topological polar surface area (TPSA) is 34.6 Å². The monoisotopic (exact) mass is 490 g/mol. The predicted molar refractivity (Wildman–Crippen MR) is 123 cm³/mol. The molecule has 178 valence electrons. The van der Waals surface area contributed by atoms with Crippen LogP contribution in [0.1, 0.15) is 18.4 Å². The summed E-state index contributed by atoms with van der Waals surface area (Å²) in [5.41, 5.74) is 0.887. The highest BCUT2D eigenvalue weighted by Gasteiger charge is 2.31. The maximum atomic E-state index is 14.7.